The van der Waals surface area contributed by atoms with Crippen LogP contribution in [0.4, 0.5) is 5.88 Å². The van der Waals surface area contributed by atoms with Crippen molar-refractivity contribution >= 4 is 11.8 Å². The molecular weight excluding hydrogens is 244 g/mol. The molecule has 6 nitrogen and oxygen atoms in total. The van der Waals surface area contributed by atoms with E-state index < -0.39 is 0 Å². The number of nitrogens with one attached hydrogen (secondary N) is 1. The molecule has 2 rings (SSSR count). The van der Waals surface area contributed by atoms with Crippen LogP contribution in [0, 0.1) is 20.8 Å². The van der Waals surface area contributed by atoms with E-state index >= 15 is 0 Å². The van der Waals surface area contributed by atoms with E-state index in [1.807, 2.05) is 13.8 Å². The molecule has 0 saturated heterocycles. The summed E-state index contributed by atoms with van der Waals surface area (Å²) in [5.41, 5.74) is 3.43. The van der Waals surface area contributed by atoms with Crippen LogP contribution in [0.15, 0.2) is 10.9 Å². The van der Waals surface area contributed by atoms with Gasteiger partial charge in [0, 0.05) is 5.56 Å². The third kappa shape index (κ3) is 2.47. The van der Waals surface area contributed by atoms with Gasteiger partial charge >= 0.3 is 0 Å². The number of aryl methyl sites for hydroxylation is 3. The molecular formula is C13H16N4O2. The van der Waals surface area contributed by atoms with Crippen molar-refractivity contribution < 1.29 is 9.32 Å². The number of carbonyl (C=O) groups excluding carboxylic acids is 1. The van der Waals surface area contributed by atoms with Gasteiger partial charge in [0.05, 0.1) is 22.6 Å². The lowest BCUT2D eigenvalue weighted by atomic mass is 10.1. The monoisotopic (exact) mass is 260 g/mol. The van der Waals surface area contributed by atoms with Crippen molar-refractivity contribution in [3.8, 4) is 0 Å². The summed E-state index contributed by atoms with van der Waals surface area (Å²) in [5.74, 6) is 0.0991. The Balaban J connectivity index is 2.28. The lowest BCUT2D eigenvalue weighted by molar-refractivity contribution is 0.102. The second kappa shape index (κ2) is 5.17. The number of hydrogen-bond acceptors (Lipinski definition) is 5. The summed E-state index contributed by atoms with van der Waals surface area (Å²) in [6.07, 6.45) is 2.20. The summed E-state index contributed by atoms with van der Waals surface area (Å²) in [4.78, 5) is 20.3. The minimum atomic E-state index is -0.280. The van der Waals surface area contributed by atoms with Crippen LogP contribution in [0.3, 0.4) is 0 Å². The predicted octanol–water partition coefficient (Wildman–Crippen LogP) is 2.20. The van der Waals surface area contributed by atoms with Gasteiger partial charge < -0.3 is 4.52 Å². The fourth-order valence-electron chi connectivity index (χ4n) is 1.90. The number of rotatable bonds is 3. The molecule has 0 bridgehead atoms. The number of hydrogen-bond donors (Lipinski definition) is 1. The molecule has 0 radical (unpaired) electrons. The molecule has 1 N–H and O–H groups in total. The Morgan fingerprint density at radius 2 is 1.89 bits per heavy atom. The van der Waals surface area contributed by atoms with Gasteiger partial charge in [0.1, 0.15) is 6.33 Å². The molecule has 0 saturated carbocycles. The Morgan fingerprint density at radius 1 is 1.26 bits per heavy atom. The molecule has 2 aromatic heterocycles. The van der Waals surface area contributed by atoms with Crippen LogP contribution < -0.4 is 5.32 Å². The Bertz CT molecular complexity index is 599. The van der Waals surface area contributed by atoms with Gasteiger partial charge in [0.25, 0.3) is 5.91 Å². The van der Waals surface area contributed by atoms with Crippen LogP contribution in [-0.4, -0.2) is 21.0 Å². The van der Waals surface area contributed by atoms with Crippen LogP contribution in [0.25, 0.3) is 0 Å². The molecule has 2 heterocycles. The van der Waals surface area contributed by atoms with Gasteiger partial charge in [0.2, 0.25) is 5.88 Å². The fraction of sp³-hybridized carbons (Fsp3) is 0.385. The number of nitrogens with zero attached hydrogens (tertiary/aromatic N) is 3. The maximum Gasteiger partial charge on any atom is 0.261 e. The molecule has 1 amide bonds. The largest absolute Gasteiger partial charge is 0.338 e. The van der Waals surface area contributed by atoms with E-state index in [0.29, 0.717) is 22.8 Å². The summed E-state index contributed by atoms with van der Waals surface area (Å²) < 4.78 is 5.14. The van der Waals surface area contributed by atoms with Crippen molar-refractivity contribution in [1.82, 2.24) is 15.1 Å². The highest BCUT2D eigenvalue weighted by atomic mass is 16.5. The number of aromatic nitrogens is 3. The summed E-state index contributed by atoms with van der Waals surface area (Å²) >= 11 is 0. The quantitative estimate of drug-likeness (QED) is 0.915. The van der Waals surface area contributed by atoms with Crippen LogP contribution in [0.5, 0.6) is 0 Å². The molecule has 0 aromatic carbocycles. The van der Waals surface area contributed by atoms with Gasteiger partial charge in [-0.1, -0.05) is 12.1 Å². The van der Waals surface area contributed by atoms with E-state index in [0.717, 1.165) is 17.7 Å². The first-order valence-corrected chi connectivity index (χ1v) is 6.09. The van der Waals surface area contributed by atoms with Crippen molar-refractivity contribution in [1.29, 1.82) is 0 Å². The van der Waals surface area contributed by atoms with Crippen molar-refractivity contribution in [2.24, 2.45) is 0 Å². The number of anilines is 1. The molecule has 0 aliphatic rings. The van der Waals surface area contributed by atoms with Gasteiger partial charge in [-0.05, 0) is 27.2 Å². The normalized spacial score (nSPS) is 10.5. The van der Waals surface area contributed by atoms with Crippen LogP contribution >= 0.6 is 0 Å². The summed E-state index contributed by atoms with van der Waals surface area (Å²) in [5, 5.41) is 6.62. The van der Waals surface area contributed by atoms with E-state index in [4.69, 9.17) is 4.52 Å². The topological polar surface area (TPSA) is 80.9 Å². The minimum Gasteiger partial charge on any atom is -0.338 e. The second-order valence-electron chi connectivity index (χ2n) is 4.31. The lowest BCUT2D eigenvalue weighted by Gasteiger charge is -2.07. The fourth-order valence-corrected chi connectivity index (χ4v) is 1.90. The molecule has 0 spiro atoms. The SMILES string of the molecule is CCc1noc(NC(=O)c2c(C)ncnc2C)c1C. The van der Waals surface area contributed by atoms with E-state index in [1.165, 1.54) is 6.33 Å². The van der Waals surface area contributed by atoms with Crippen molar-refractivity contribution in [2.75, 3.05) is 5.32 Å². The summed E-state index contributed by atoms with van der Waals surface area (Å²) in [6, 6.07) is 0. The Labute approximate surface area is 111 Å². The molecule has 2 aromatic rings. The van der Waals surface area contributed by atoms with Gasteiger partial charge in [-0.15, -0.1) is 0 Å². The maximum atomic E-state index is 12.2. The predicted molar refractivity (Wildman–Crippen MR) is 70.1 cm³/mol. The van der Waals surface area contributed by atoms with Gasteiger partial charge in [-0.2, -0.15) is 0 Å². The molecule has 0 fully saturated rings. The maximum absolute atomic E-state index is 12.2. The van der Waals surface area contributed by atoms with Gasteiger partial charge in [-0.3, -0.25) is 10.1 Å². The highest BCUT2D eigenvalue weighted by Crippen LogP contribution is 2.20. The number of carbonyl (C=O) groups is 1. The number of amides is 1. The third-order valence-electron chi connectivity index (χ3n) is 3.04. The average Bonchev–Trinajstić information content (AvgIpc) is 2.70. The van der Waals surface area contributed by atoms with Crippen LogP contribution in [0.1, 0.15) is 39.9 Å². The third-order valence-corrected chi connectivity index (χ3v) is 3.04. The van der Waals surface area contributed by atoms with E-state index in [9.17, 15) is 4.79 Å². The molecule has 100 valence electrons. The molecule has 0 aliphatic carbocycles. The zero-order chi connectivity index (χ0) is 14.0. The van der Waals surface area contributed by atoms with Gasteiger partial charge in [-0.25, -0.2) is 9.97 Å². The first kappa shape index (κ1) is 13.2. The van der Waals surface area contributed by atoms with E-state index in [1.54, 1.807) is 13.8 Å². The Kier molecular flexibility index (Phi) is 3.59. The summed E-state index contributed by atoms with van der Waals surface area (Å²) in [6.45, 7) is 7.39. The van der Waals surface area contributed by atoms with Crippen LogP contribution in [-0.2, 0) is 6.42 Å². The molecule has 0 aliphatic heterocycles. The Hall–Kier alpha value is -2.24. The first-order valence-electron chi connectivity index (χ1n) is 6.09. The molecule has 0 unspecified atom stereocenters. The van der Waals surface area contributed by atoms with Crippen molar-refractivity contribution in [2.45, 2.75) is 34.1 Å². The minimum absolute atomic E-state index is 0.280. The first-order chi connectivity index (χ1) is 9.04. The van der Waals surface area contributed by atoms with Crippen molar-refractivity contribution in [3.63, 3.8) is 0 Å². The van der Waals surface area contributed by atoms with E-state index in [-0.39, 0.29) is 5.91 Å². The lowest BCUT2D eigenvalue weighted by Crippen LogP contribution is -2.16. The molecule has 0 atom stereocenters. The second-order valence-corrected chi connectivity index (χ2v) is 4.31. The summed E-state index contributed by atoms with van der Waals surface area (Å²) in [7, 11) is 0. The highest BCUT2D eigenvalue weighted by Gasteiger charge is 2.18. The molecule has 6 heteroatoms. The van der Waals surface area contributed by atoms with Crippen molar-refractivity contribution in [3.05, 3.63) is 34.5 Å². The smallest absolute Gasteiger partial charge is 0.261 e. The molecule has 19 heavy (non-hydrogen) atoms. The highest BCUT2D eigenvalue weighted by molar-refractivity contribution is 6.05. The zero-order valence-corrected chi connectivity index (χ0v) is 11.4. The standard InChI is InChI=1S/C13H16N4O2/c1-5-10-7(2)13(19-17-10)16-12(18)11-8(3)14-6-15-9(11)4/h6H,5H2,1-4H3,(H,16,18). The zero-order valence-electron chi connectivity index (χ0n) is 11.4. The Morgan fingerprint density at radius 3 is 2.42 bits per heavy atom. The van der Waals surface area contributed by atoms with Gasteiger partial charge in [0.15, 0.2) is 0 Å². The van der Waals surface area contributed by atoms with E-state index in [2.05, 4.69) is 20.4 Å². The van der Waals surface area contributed by atoms with Crippen LogP contribution in [0.2, 0.25) is 0 Å². The average molecular weight is 260 g/mol.